The van der Waals surface area contributed by atoms with Gasteiger partial charge >= 0.3 is 0 Å². The molecule has 2 rings (SSSR count). The van der Waals surface area contributed by atoms with Crippen LogP contribution in [-0.4, -0.2) is 5.91 Å². The lowest BCUT2D eigenvalue weighted by atomic mass is 10.1. The van der Waals surface area contributed by atoms with Crippen LogP contribution in [0.1, 0.15) is 21.5 Å². The van der Waals surface area contributed by atoms with Crippen LogP contribution < -0.4 is 11.1 Å². The average molecular weight is 319 g/mol. The maximum absolute atomic E-state index is 12.1. The Morgan fingerprint density at radius 2 is 1.89 bits per heavy atom. The van der Waals surface area contributed by atoms with Gasteiger partial charge in [-0.1, -0.05) is 17.7 Å². The van der Waals surface area contributed by atoms with E-state index in [9.17, 15) is 4.79 Å². The molecule has 2 aromatic carbocycles. The minimum Gasteiger partial charge on any atom is -0.398 e. The zero-order chi connectivity index (χ0) is 14.0. The quantitative estimate of drug-likeness (QED) is 0.825. The number of aryl methyl sites for hydroxylation is 2. The van der Waals surface area contributed by atoms with Crippen LogP contribution >= 0.6 is 15.9 Å². The van der Waals surface area contributed by atoms with Gasteiger partial charge in [0.25, 0.3) is 5.91 Å². The second kappa shape index (κ2) is 5.45. The van der Waals surface area contributed by atoms with E-state index in [2.05, 4.69) is 21.2 Å². The van der Waals surface area contributed by atoms with Gasteiger partial charge in [-0.25, -0.2) is 0 Å². The van der Waals surface area contributed by atoms with Gasteiger partial charge in [0.15, 0.2) is 0 Å². The summed E-state index contributed by atoms with van der Waals surface area (Å²) in [6, 6.07) is 11.1. The highest BCUT2D eigenvalue weighted by Gasteiger charge is 2.09. The Kier molecular flexibility index (Phi) is 3.90. The van der Waals surface area contributed by atoms with Gasteiger partial charge in [0.1, 0.15) is 0 Å². The third-order valence-electron chi connectivity index (χ3n) is 2.89. The fourth-order valence-electron chi connectivity index (χ4n) is 1.83. The number of nitrogen functional groups attached to an aromatic ring is 1. The largest absolute Gasteiger partial charge is 0.398 e. The minimum atomic E-state index is -0.161. The topological polar surface area (TPSA) is 55.1 Å². The molecular formula is C15H15BrN2O. The van der Waals surface area contributed by atoms with Crippen molar-refractivity contribution in [3.8, 4) is 0 Å². The molecule has 4 heteroatoms. The van der Waals surface area contributed by atoms with Crippen LogP contribution in [0.15, 0.2) is 40.9 Å². The Morgan fingerprint density at radius 1 is 1.16 bits per heavy atom. The summed E-state index contributed by atoms with van der Waals surface area (Å²) in [5.41, 5.74) is 9.89. The number of anilines is 2. The molecule has 0 spiro atoms. The van der Waals surface area contributed by atoms with E-state index in [1.165, 1.54) is 5.56 Å². The molecule has 0 radical (unpaired) electrons. The highest BCUT2D eigenvalue weighted by atomic mass is 79.9. The molecule has 0 aromatic heterocycles. The number of benzene rings is 2. The van der Waals surface area contributed by atoms with E-state index in [0.29, 0.717) is 11.3 Å². The SMILES string of the molecule is Cc1ccc(NC(=O)c2ccc(Br)c(N)c2)c(C)c1. The first-order chi connectivity index (χ1) is 8.97. The molecule has 0 atom stereocenters. The maximum atomic E-state index is 12.1. The van der Waals surface area contributed by atoms with Gasteiger partial charge < -0.3 is 11.1 Å². The molecule has 1 amide bonds. The molecule has 98 valence electrons. The molecule has 0 bridgehead atoms. The third kappa shape index (κ3) is 3.15. The summed E-state index contributed by atoms with van der Waals surface area (Å²) >= 11 is 3.31. The van der Waals surface area contributed by atoms with E-state index >= 15 is 0 Å². The molecule has 19 heavy (non-hydrogen) atoms. The van der Waals surface area contributed by atoms with E-state index < -0.39 is 0 Å². The summed E-state index contributed by atoms with van der Waals surface area (Å²) in [5, 5.41) is 2.89. The van der Waals surface area contributed by atoms with Crippen molar-refractivity contribution in [2.45, 2.75) is 13.8 Å². The smallest absolute Gasteiger partial charge is 0.255 e. The Bertz CT molecular complexity index is 638. The molecule has 0 aliphatic rings. The highest BCUT2D eigenvalue weighted by Crippen LogP contribution is 2.22. The highest BCUT2D eigenvalue weighted by molar-refractivity contribution is 9.10. The normalized spacial score (nSPS) is 10.3. The van der Waals surface area contributed by atoms with Crippen LogP contribution in [-0.2, 0) is 0 Å². The van der Waals surface area contributed by atoms with Gasteiger partial charge in [-0.15, -0.1) is 0 Å². The van der Waals surface area contributed by atoms with E-state index in [0.717, 1.165) is 15.7 Å². The molecule has 0 aliphatic heterocycles. The number of amides is 1. The second-order valence-electron chi connectivity index (χ2n) is 4.51. The number of nitrogens with one attached hydrogen (secondary N) is 1. The number of halogens is 1. The van der Waals surface area contributed by atoms with Crippen LogP contribution in [0.5, 0.6) is 0 Å². The molecular weight excluding hydrogens is 304 g/mol. The van der Waals surface area contributed by atoms with Crippen molar-refractivity contribution in [1.82, 2.24) is 0 Å². The number of rotatable bonds is 2. The lowest BCUT2D eigenvalue weighted by molar-refractivity contribution is 0.102. The minimum absolute atomic E-state index is 0.161. The summed E-state index contributed by atoms with van der Waals surface area (Å²) in [7, 11) is 0. The van der Waals surface area contributed by atoms with Crippen LogP contribution in [0.4, 0.5) is 11.4 Å². The number of nitrogens with two attached hydrogens (primary N) is 1. The summed E-state index contributed by atoms with van der Waals surface area (Å²) < 4.78 is 0.788. The molecule has 0 aliphatic carbocycles. The van der Waals surface area contributed by atoms with E-state index in [-0.39, 0.29) is 5.91 Å². The molecule has 0 heterocycles. The standard InChI is InChI=1S/C15H15BrN2O/c1-9-3-6-14(10(2)7-9)18-15(19)11-4-5-12(16)13(17)8-11/h3-8H,17H2,1-2H3,(H,18,19). The number of carbonyl (C=O) groups excluding carboxylic acids is 1. The second-order valence-corrected chi connectivity index (χ2v) is 5.36. The Morgan fingerprint density at radius 3 is 2.53 bits per heavy atom. The van der Waals surface area contributed by atoms with Crippen LogP contribution in [0.25, 0.3) is 0 Å². The van der Waals surface area contributed by atoms with Crippen molar-refractivity contribution in [1.29, 1.82) is 0 Å². The average Bonchev–Trinajstić information content (AvgIpc) is 2.36. The predicted octanol–water partition coefficient (Wildman–Crippen LogP) is 3.90. The lowest BCUT2D eigenvalue weighted by Gasteiger charge is -2.10. The third-order valence-corrected chi connectivity index (χ3v) is 3.61. The van der Waals surface area contributed by atoms with Crippen molar-refractivity contribution >= 4 is 33.2 Å². The van der Waals surface area contributed by atoms with Crippen molar-refractivity contribution in [2.24, 2.45) is 0 Å². The zero-order valence-corrected chi connectivity index (χ0v) is 12.4. The van der Waals surface area contributed by atoms with Crippen molar-refractivity contribution in [3.63, 3.8) is 0 Å². The fourth-order valence-corrected chi connectivity index (χ4v) is 2.08. The van der Waals surface area contributed by atoms with E-state index in [1.807, 2.05) is 32.0 Å². The lowest BCUT2D eigenvalue weighted by Crippen LogP contribution is -2.13. The molecule has 3 nitrogen and oxygen atoms in total. The van der Waals surface area contributed by atoms with Gasteiger partial charge in [-0.3, -0.25) is 4.79 Å². The maximum Gasteiger partial charge on any atom is 0.255 e. The monoisotopic (exact) mass is 318 g/mol. The molecule has 0 saturated carbocycles. The molecule has 0 unspecified atom stereocenters. The summed E-state index contributed by atoms with van der Waals surface area (Å²) in [5.74, 6) is -0.161. The van der Waals surface area contributed by atoms with Gasteiger partial charge in [-0.2, -0.15) is 0 Å². The number of hydrogen-bond acceptors (Lipinski definition) is 2. The first-order valence-electron chi connectivity index (χ1n) is 5.91. The van der Waals surface area contributed by atoms with Crippen molar-refractivity contribution < 1.29 is 4.79 Å². The summed E-state index contributed by atoms with van der Waals surface area (Å²) in [6.07, 6.45) is 0. The summed E-state index contributed by atoms with van der Waals surface area (Å²) in [6.45, 7) is 3.99. The van der Waals surface area contributed by atoms with Gasteiger partial charge in [0.05, 0.1) is 0 Å². The Balaban J connectivity index is 2.23. The van der Waals surface area contributed by atoms with E-state index in [1.54, 1.807) is 18.2 Å². The van der Waals surface area contributed by atoms with Crippen LogP contribution in [0.3, 0.4) is 0 Å². The molecule has 0 fully saturated rings. The van der Waals surface area contributed by atoms with Gasteiger partial charge in [0, 0.05) is 21.4 Å². The first kappa shape index (κ1) is 13.6. The molecule has 3 N–H and O–H groups in total. The Hall–Kier alpha value is -1.81. The summed E-state index contributed by atoms with van der Waals surface area (Å²) in [4.78, 5) is 12.1. The van der Waals surface area contributed by atoms with Crippen LogP contribution in [0.2, 0.25) is 0 Å². The fraction of sp³-hybridized carbons (Fsp3) is 0.133. The first-order valence-corrected chi connectivity index (χ1v) is 6.70. The van der Waals surface area contributed by atoms with E-state index in [4.69, 9.17) is 5.73 Å². The number of hydrogen-bond donors (Lipinski definition) is 2. The van der Waals surface area contributed by atoms with Gasteiger partial charge in [-0.05, 0) is 59.6 Å². The molecule has 2 aromatic rings. The van der Waals surface area contributed by atoms with Crippen molar-refractivity contribution in [3.05, 3.63) is 57.6 Å². The Labute approximate surface area is 121 Å². The van der Waals surface area contributed by atoms with Gasteiger partial charge in [0.2, 0.25) is 0 Å². The predicted molar refractivity (Wildman–Crippen MR) is 82.4 cm³/mol. The number of carbonyl (C=O) groups is 1. The molecule has 0 saturated heterocycles. The van der Waals surface area contributed by atoms with Crippen molar-refractivity contribution in [2.75, 3.05) is 11.1 Å². The zero-order valence-electron chi connectivity index (χ0n) is 10.8. The van der Waals surface area contributed by atoms with Crippen LogP contribution in [0, 0.1) is 13.8 Å².